The Balaban J connectivity index is 1.47. The third-order valence-corrected chi connectivity index (χ3v) is 4.89. The standard InChI is InChI=1S/C21H22N2O4/c1-2-19(24)22-15-7-5-6-14(12-15)20(25)23-16-8-9-17-18(13-16)27-21(26-17)10-3-4-11-21/h5-9,12-13H,2-4,10-11H2,1H3,(H,22,24)(H,23,25). The van der Waals surface area contributed by atoms with Crippen LogP contribution in [0.2, 0.25) is 0 Å². The second kappa shape index (κ2) is 6.95. The predicted molar refractivity (Wildman–Crippen MR) is 102 cm³/mol. The minimum Gasteiger partial charge on any atom is -0.448 e. The Morgan fingerprint density at radius 1 is 0.963 bits per heavy atom. The maximum atomic E-state index is 12.6. The van der Waals surface area contributed by atoms with Gasteiger partial charge in [0.15, 0.2) is 11.5 Å². The third-order valence-electron chi connectivity index (χ3n) is 4.89. The van der Waals surface area contributed by atoms with Crippen molar-refractivity contribution in [1.82, 2.24) is 0 Å². The van der Waals surface area contributed by atoms with Gasteiger partial charge in [-0.3, -0.25) is 9.59 Å². The van der Waals surface area contributed by atoms with Crippen LogP contribution in [-0.2, 0) is 4.79 Å². The molecule has 2 amide bonds. The fourth-order valence-corrected chi connectivity index (χ4v) is 3.48. The summed E-state index contributed by atoms with van der Waals surface area (Å²) >= 11 is 0. The molecule has 1 spiro atoms. The van der Waals surface area contributed by atoms with Crippen LogP contribution in [0.4, 0.5) is 11.4 Å². The maximum Gasteiger partial charge on any atom is 0.255 e. The van der Waals surface area contributed by atoms with Crippen LogP contribution in [-0.4, -0.2) is 17.6 Å². The minimum atomic E-state index is -0.517. The van der Waals surface area contributed by atoms with Gasteiger partial charge in [0.25, 0.3) is 11.7 Å². The maximum absolute atomic E-state index is 12.6. The number of benzene rings is 2. The molecule has 0 aromatic heterocycles. The summed E-state index contributed by atoms with van der Waals surface area (Å²) in [6.45, 7) is 1.78. The molecule has 2 aromatic carbocycles. The average Bonchev–Trinajstić information content (AvgIpc) is 3.27. The molecule has 4 rings (SSSR count). The van der Waals surface area contributed by atoms with Crippen LogP contribution in [0.25, 0.3) is 0 Å². The van der Waals surface area contributed by atoms with Gasteiger partial charge in [0.1, 0.15) is 0 Å². The molecule has 27 heavy (non-hydrogen) atoms. The Hall–Kier alpha value is -3.02. The van der Waals surface area contributed by atoms with Crippen molar-refractivity contribution in [2.45, 2.75) is 44.8 Å². The zero-order chi connectivity index (χ0) is 18.9. The smallest absolute Gasteiger partial charge is 0.255 e. The van der Waals surface area contributed by atoms with Crippen LogP contribution in [0, 0.1) is 0 Å². The molecule has 2 aromatic rings. The predicted octanol–water partition coefficient (Wildman–Crippen LogP) is 4.33. The highest BCUT2D eigenvalue weighted by molar-refractivity contribution is 6.05. The van der Waals surface area contributed by atoms with Gasteiger partial charge in [-0.15, -0.1) is 0 Å². The summed E-state index contributed by atoms with van der Waals surface area (Å²) in [5.74, 6) is 0.524. The van der Waals surface area contributed by atoms with E-state index in [1.807, 2.05) is 6.07 Å². The second-order valence-electron chi connectivity index (χ2n) is 6.92. The van der Waals surface area contributed by atoms with Gasteiger partial charge in [0.05, 0.1) is 0 Å². The molecular formula is C21H22N2O4. The van der Waals surface area contributed by atoms with Crippen molar-refractivity contribution in [1.29, 1.82) is 0 Å². The van der Waals surface area contributed by atoms with E-state index in [-0.39, 0.29) is 11.8 Å². The first-order valence-electron chi connectivity index (χ1n) is 9.30. The van der Waals surface area contributed by atoms with E-state index in [0.717, 1.165) is 31.4 Å². The van der Waals surface area contributed by atoms with E-state index in [9.17, 15) is 9.59 Å². The van der Waals surface area contributed by atoms with Crippen LogP contribution in [0.5, 0.6) is 11.5 Å². The highest BCUT2D eigenvalue weighted by Crippen LogP contribution is 2.47. The molecule has 140 valence electrons. The van der Waals surface area contributed by atoms with Crippen LogP contribution >= 0.6 is 0 Å². The van der Waals surface area contributed by atoms with E-state index >= 15 is 0 Å². The number of ether oxygens (including phenoxy) is 2. The Morgan fingerprint density at radius 2 is 1.70 bits per heavy atom. The van der Waals surface area contributed by atoms with Gasteiger partial charge >= 0.3 is 0 Å². The summed E-state index contributed by atoms with van der Waals surface area (Å²) in [5.41, 5.74) is 1.71. The summed E-state index contributed by atoms with van der Waals surface area (Å²) in [4.78, 5) is 24.1. The molecule has 0 unspecified atom stereocenters. The first-order valence-corrected chi connectivity index (χ1v) is 9.30. The van der Waals surface area contributed by atoms with Crippen LogP contribution in [0.3, 0.4) is 0 Å². The van der Waals surface area contributed by atoms with E-state index in [4.69, 9.17) is 9.47 Å². The lowest BCUT2D eigenvalue weighted by atomic mass is 10.1. The van der Waals surface area contributed by atoms with E-state index < -0.39 is 5.79 Å². The highest BCUT2D eigenvalue weighted by Gasteiger charge is 2.44. The molecule has 6 nitrogen and oxygen atoms in total. The number of carbonyl (C=O) groups excluding carboxylic acids is 2. The van der Waals surface area contributed by atoms with Crippen molar-refractivity contribution in [3.63, 3.8) is 0 Å². The van der Waals surface area contributed by atoms with Crippen molar-refractivity contribution in [2.24, 2.45) is 0 Å². The molecule has 0 bridgehead atoms. The van der Waals surface area contributed by atoms with Crippen molar-refractivity contribution in [3.05, 3.63) is 48.0 Å². The Morgan fingerprint density at radius 3 is 2.48 bits per heavy atom. The number of carbonyl (C=O) groups is 2. The quantitative estimate of drug-likeness (QED) is 0.844. The summed E-state index contributed by atoms with van der Waals surface area (Å²) in [6, 6.07) is 12.3. The molecule has 2 aliphatic rings. The fourth-order valence-electron chi connectivity index (χ4n) is 3.48. The molecule has 1 heterocycles. The van der Waals surface area contributed by atoms with Gasteiger partial charge in [-0.05, 0) is 43.2 Å². The number of rotatable bonds is 4. The molecule has 0 saturated heterocycles. The van der Waals surface area contributed by atoms with Gasteiger partial charge in [-0.25, -0.2) is 0 Å². The van der Waals surface area contributed by atoms with Crippen LogP contribution < -0.4 is 20.1 Å². The molecular weight excluding hydrogens is 344 g/mol. The zero-order valence-electron chi connectivity index (χ0n) is 15.2. The van der Waals surface area contributed by atoms with Crippen molar-refractivity contribution >= 4 is 23.2 Å². The topological polar surface area (TPSA) is 76.7 Å². The van der Waals surface area contributed by atoms with Crippen molar-refractivity contribution in [2.75, 3.05) is 10.6 Å². The summed E-state index contributed by atoms with van der Waals surface area (Å²) in [5, 5.41) is 5.63. The second-order valence-corrected chi connectivity index (χ2v) is 6.92. The Labute approximate surface area is 157 Å². The SMILES string of the molecule is CCC(=O)Nc1cccc(C(=O)Nc2ccc3c(c2)OC2(CCCC2)O3)c1. The van der Waals surface area contributed by atoms with Gasteiger partial charge in [-0.2, -0.15) is 0 Å². The number of hydrogen-bond acceptors (Lipinski definition) is 4. The van der Waals surface area contributed by atoms with E-state index in [1.165, 1.54) is 0 Å². The number of hydrogen-bond donors (Lipinski definition) is 2. The molecule has 1 aliphatic heterocycles. The summed E-state index contributed by atoms with van der Waals surface area (Å²) < 4.78 is 12.0. The van der Waals surface area contributed by atoms with E-state index in [0.29, 0.717) is 29.1 Å². The van der Waals surface area contributed by atoms with E-state index in [2.05, 4.69) is 10.6 Å². The summed E-state index contributed by atoms with van der Waals surface area (Å²) in [7, 11) is 0. The Bertz CT molecular complexity index is 888. The molecule has 6 heteroatoms. The lowest BCUT2D eigenvalue weighted by Gasteiger charge is -2.21. The normalized spacial score (nSPS) is 16.3. The first kappa shape index (κ1) is 17.4. The molecule has 2 N–H and O–H groups in total. The van der Waals surface area contributed by atoms with Crippen molar-refractivity contribution < 1.29 is 19.1 Å². The van der Waals surface area contributed by atoms with Crippen LogP contribution in [0.1, 0.15) is 49.4 Å². The van der Waals surface area contributed by atoms with E-state index in [1.54, 1.807) is 43.3 Å². The Kier molecular flexibility index (Phi) is 4.48. The van der Waals surface area contributed by atoms with Gasteiger partial charge in [-0.1, -0.05) is 13.0 Å². The number of nitrogens with one attached hydrogen (secondary N) is 2. The monoisotopic (exact) mass is 366 g/mol. The molecule has 1 fully saturated rings. The number of anilines is 2. The van der Waals surface area contributed by atoms with Gasteiger partial charge in [0, 0.05) is 42.3 Å². The molecule has 0 atom stereocenters. The molecule has 0 radical (unpaired) electrons. The number of amides is 2. The largest absolute Gasteiger partial charge is 0.448 e. The lowest BCUT2D eigenvalue weighted by Crippen LogP contribution is -2.34. The third kappa shape index (κ3) is 3.60. The minimum absolute atomic E-state index is 0.0934. The first-order chi connectivity index (χ1) is 13.1. The zero-order valence-corrected chi connectivity index (χ0v) is 15.2. The lowest BCUT2D eigenvalue weighted by molar-refractivity contribution is -0.115. The number of fused-ring (bicyclic) bond motifs is 1. The van der Waals surface area contributed by atoms with Crippen LogP contribution in [0.15, 0.2) is 42.5 Å². The van der Waals surface area contributed by atoms with Crippen molar-refractivity contribution in [3.8, 4) is 11.5 Å². The molecule has 1 saturated carbocycles. The van der Waals surface area contributed by atoms with Gasteiger partial charge < -0.3 is 20.1 Å². The fraction of sp³-hybridized carbons (Fsp3) is 0.333. The average molecular weight is 366 g/mol. The summed E-state index contributed by atoms with van der Waals surface area (Å²) in [6.07, 6.45) is 4.36. The highest BCUT2D eigenvalue weighted by atomic mass is 16.7. The molecule has 1 aliphatic carbocycles. The van der Waals surface area contributed by atoms with Gasteiger partial charge in [0.2, 0.25) is 5.91 Å².